The number of hydrogen-bond acceptors (Lipinski definition) is 4. The molecule has 0 spiro atoms. The number of likely N-dealkylation sites (N-methyl/N-ethyl adjacent to an activating group) is 1. The molecule has 4 heteroatoms. The van der Waals surface area contributed by atoms with Crippen molar-refractivity contribution in [3.05, 3.63) is 16.1 Å². The molecule has 1 aromatic rings. The fourth-order valence-electron chi connectivity index (χ4n) is 2.28. The topological polar surface area (TPSA) is 36.4 Å². The van der Waals surface area contributed by atoms with E-state index in [1.54, 1.807) is 11.3 Å². The smallest absolute Gasteiger partial charge is 0.0957 e. The average Bonchev–Trinajstić information content (AvgIpc) is 2.59. The lowest BCUT2D eigenvalue weighted by Gasteiger charge is -2.20. The highest BCUT2D eigenvalue weighted by atomic mass is 32.1. The van der Waals surface area contributed by atoms with Crippen LogP contribution in [-0.4, -0.2) is 40.2 Å². The standard InChI is InChI=1S/C11H18N2OS/c1-8-6-15-10(12-8)5-11(14)4-9(2)13(3)7-11/h6,9,14H,4-5,7H2,1-3H3. The lowest BCUT2D eigenvalue weighted by Crippen LogP contribution is -2.34. The van der Waals surface area contributed by atoms with Crippen molar-refractivity contribution in [1.82, 2.24) is 9.88 Å². The minimum Gasteiger partial charge on any atom is -0.388 e. The summed E-state index contributed by atoms with van der Waals surface area (Å²) in [5.41, 5.74) is 0.483. The van der Waals surface area contributed by atoms with Crippen LogP contribution in [0.25, 0.3) is 0 Å². The Morgan fingerprint density at radius 2 is 2.47 bits per heavy atom. The van der Waals surface area contributed by atoms with E-state index >= 15 is 0 Å². The molecule has 0 amide bonds. The van der Waals surface area contributed by atoms with E-state index in [0.717, 1.165) is 23.7 Å². The summed E-state index contributed by atoms with van der Waals surface area (Å²) in [6.07, 6.45) is 1.54. The summed E-state index contributed by atoms with van der Waals surface area (Å²) in [4.78, 5) is 6.62. The second kappa shape index (κ2) is 3.85. The number of aliphatic hydroxyl groups is 1. The van der Waals surface area contributed by atoms with E-state index in [0.29, 0.717) is 12.5 Å². The predicted molar refractivity (Wildman–Crippen MR) is 62.2 cm³/mol. The Balaban J connectivity index is 2.06. The van der Waals surface area contributed by atoms with Gasteiger partial charge in [0.05, 0.1) is 10.6 Å². The Labute approximate surface area is 94.8 Å². The fraction of sp³-hybridized carbons (Fsp3) is 0.727. The molecule has 1 aromatic heterocycles. The van der Waals surface area contributed by atoms with E-state index in [4.69, 9.17) is 0 Å². The highest BCUT2D eigenvalue weighted by Gasteiger charge is 2.39. The molecule has 2 unspecified atom stereocenters. The maximum atomic E-state index is 10.4. The monoisotopic (exact) mass is 226 g/mol. The highest BCUT2D eigenvalue weighted by Crippen LogP contribution is 2.29. The molecule has 84 valence electrons. The lowest BCUT2D eigenvalue weighted by molar-refractivity contribution is 0.0520. The molecular formula is C11H18N2OS. The van der Waals surface area contributed by atoms with Gasteiger partial charge < -0.3 is 10.0 Å². The van der Waals surface area contributed by atoms with Crippen LogP contribution in [0.2, 0.25) is 0 Å². The lowest BCUT2D eigenvalue weighted by atomic mass is 9.97. The average molecular weight is 226 g/mol. The van der Waals surface area contributed by atoms with Gasteiger partial charge in [0.25, 0.3) is 0 Å². The third-order valence-corrected chi connectivity index (χ3v) is 4.09. The van der Waals surface area contributed by atoms with Crippen LogP contribution < -0.4 is 0 Å². The molecule has 0 aliphatic carbocycles. The number of hydrogen-bond donors (Lipinski definition) is 1. The molecule has 0 aromatic carbocycles. The molecule has 2 rings (SSSR count). The number of aromatic nitrogens is 1. The molecule has 2 heterocycles. The van der Waals surface area contributed by atoms with E-state index in [2.05, 4.69) is 23.9 Å². The normalized spacial score (nSPS) is 32.4. The van der Waals surface area contributed by atoms with Crippen molar-refractivity contribution in [2.75, 3.05) is 13.6 Å². The zero-order valence-electron chi connectivity index (χ0n) is 9.53. The van der Waals surface area contributed by atoms with Gasteiger partial charge in [-0.2, -0.15) is 0 Å². The van der Waals surface area contributed by atoms with E-state index in [-0.39, 0.29) is 0 Å². The molecule has 1 aliphatic heterocycles. The molecule has 3 nitrogen and oxygen atoms in total. The summed E-state index contributed by atoms with van der Waals surface area (Å²) in [6.45, 7) is 4.91. The number of thiazole rings is 1. The van der Waals surface area contributed by atoms with E-state index in [9.17, 15) is 5.11 Å². The van der Waals surface area contributed by atoms with Crippen LogP contribution in [0.1, 0.15) is 24.0 Å². The third kappa shape index (κ3) is 2.38. The van der Waals surface area contributed by atoms with Gasteiger partial charge in [-0.15, -0.1) is 11.3 Å². The van der Waals surface area contributed by atoms with Crippen molar-refractivity contribution in [3.63, 3.8) is 0 Å². The molecule has 1 N–H and O–H groups in total. The van der Waals surface area contributed by atoms with Crippen LogP contribution in [0.3, 0.4) is 0 Å². The molecule has 2 atom stereocenters. The van der Waals surface area contributed by atoms with Crippen molar-refractivity contribution >= 4 is 11.3 Å². The Morgan fingerprint density at radius 3 is 2.93 bits per heavy atom. The molecular weight excluding hydrogens is 208 g/mol. The number of aryl methyl sites for hydroxylation is 1. The molecule has 0 saturated carbocycles. The SMILES string of the molecule is Cc1csc(CC2(O)CC(C)N(C)C2)n1. The molecule has 0 bridgehead atoms. The largest absolute Gasteiger partial charge is 0.388 e. The maximum Gasteiger partial charge on any atom is 0.0957 e. The fourth-order valence-corrected chi connectivity index (χ4v) is 3.19. The second-order valence-corrected chi connectivity index (χ2v) is 5.69. The van der Waals surface area contributed by atoms with Gasteiger partial charge in [0.15, 0.2) is 0 Å². The number of nitrogens with zero attached hydrogens (tertiary/aromatic N) is 2. The summed E-state index contributed by atoms with van der Waals surface area (Å²) >= 11 is 1.65. The van der Waals surface area contributed by atoms with Crippen LogP contribution in [0.4, 0.5) is 0 Å². The van der Waals surface area contributed by atoms with Crippen molar-refractivity contribution in [1.29, 1.82) is 0 Å². The first kappa shape index (κ1) is 11.0. The molecule has 15 heavy (non-hydrogen) atoms. The van der Waals surface area contributed by atoms with Gasteiger partial charge in [0.2, 0.25) is 0 Å². The summed E-state index contributed by atoms with van der Waals surface area (Å²) in [6, 6.07) is 0.469. The molecule has 1 fully saturated rings. The van der Waals surface area contributed by atoms with Crippen molar-refractivity contribution < 1.29 is 5.11 Å². The molecule has 1 aliphatic rings. The van der Waals surface area contributed by atoms with Gasteiger partial charge in [0.1, 0.15) is 0 Å². The Kier molecular flexibility index (Phi) is 2.83. The van der Waals surface area contributed by atoms with Crippen LogP contribution in [0.15, 0.2) is 5.38 Å². The van der Waals surface area contributed by atoms with Gasteiger partial charge >= 0.3 is 0 Å². The van der Waals surface area contributed by atoms with E-state index in [1.165, 1.54) is 0 Å². The summed E-state index contributed by atoms with van der Waals surface area (Å²) in [7, 11) is 2.07. The summed E-state index contributed by atoms with van der Waals surface area (Å²) in [5, 5.41) is 13.5. The number of rotatable bonds is 2. The first-order chi connectivity index (χ1) is 6.98. The van der Waals surface area contributed by atoms with Gasteiger partial charge in [-0.25, -0.2) is 4.98 Å². The maximum absolute atomic E-state index is 10.4. The van der Waals surface area contributed by atoms with Gasteiger partial charge in [-0.05, 0) is 27.3 Å². The number of β-amino-alcohol motifs (C(OH)–C–C–N with tert-alkyl or cyclic N) is 1. The predicted octanol–water partition coefficient (Wildman–Crippen LogP) is 1.45. The Morgan fingerprint density at radius 1 is 1.73 bits per heavy atom. The van der Waals surface area contributed by atoms with Crippen LogP contribution in [0, 0.1) is 6.92 Å². The summed E-state index contributed by atoms with van der Waals surface area (Å²) in [5.74, 6) is 0. The Hall–Kier alpha value is -0.450. The van der Waals surface area contributed by atoms with Gasteiger partial charge in [-0.1, -0.05) is 0 Å². The van der Waals surface area contributed by atoms with E-state index in [1.807, 2.05) is 12.3 Å². The first-order valence-corrected chi connectivity index (χ1v) is 6.20. The first-order valence-electron chi connectivity index (χ1n) is 5.32. The van der Waals surface area contributed by atoms with E-state index < -0.39 is 5.60 Å². The quantitative estimate of drug-likeness (QED) is 0.829. The van der Waals surface area contributed by atoms with Crippen molar-refractivity contribution in [3.8, 4) is 0 Å². The third-order valence-electron chi connectivity index (χ3n) is 3.12. The Bertz CT molecular complexity index is 340. The molecule has 1 saturated heterocycles. The zero-order valence-corrected chi connectivity index (χ0v) is 10.3. The van der Waals surface area contributed by atoms with Crippen LogP contribution in [0.5, 0.6) is 0 Å². The van der Waals surface area contributed by atoms with Gasteiger partial charge in [-0.3, -0.25) is 0 Å². The minimum atomic E-state index is -0.571. The summed E-state index contributed by atoms with van der Waals surface area (Å²) < 4.78 is 0. The second-order valence-electron chi connectivity index (χ2n) is 4.75. The molecule has 0 radical (unpaired) electrons. The van der Waals surface area contributed by atoms with Crippen LogP contribution >= 0.6 is 11.3 Å². The highest BCUT2D eigenvalue weighted by molar-refractivity contribution is 7.09. The minimum absolute atomic E-state index is 0.469. The van der Waals surface area contributed by atoms with Crippen LogP contribution in [-0.2, 0) is 6.42 Å². The zero-order chi connectivity index (χ0) is 11.1. The number of likely N-dealkylation sites (tertiary alicyclic amines) is 1. The van der Waals surface area contributed by atoms with Gasteiger partial charge in [0, 0.05) is 30.1 Å². The van der Waals surface area contributed by atoms with Crippen molar-refractivity contribution in [2.24, 2.45) is 0 Å². The van der Waals surface area contributed by atoms with Crippen molar-refractivity contribution in [2.45, 2.75) is 38.3 Å².